The Bertz CT molecular complexity index is 848. The minimum absolute atomic E-state index is 0.0362. The molecule has 1 aromatic carbocycles. The highest BCUT2D eigenvalue weighted by molar-refractivity contribution is 9.10. The second-order valence-corrected chi connectivity index (χ2v) is 9.30. The van der Waals surface area contributed by atoms with Crippen LogP contribution in [0.25, 0.3) is 0 Å². The molecule has 6 heteroatoms. The quantitative estimate of drug-likeness (QED) is 0.848. The average Bonchev–Trinajstić information content (AvgIpc) is 3.27. The topological polar surface area (TPSA) is 73.2 Å². The predicted molar refractivity (Wildman–Crippen MR) is 93.7 cm³/mol. The molecular weight excluding hydrogens is 382 g/mol. The molecule has 2 amide bonds. The minimum Gasteiger partial charge on any atom is -0.349 e. The van der Waals surface area contributed by atoms with Gasteiger partial charge in [-0.25, -0.2) is 0 Å². The summed E-state index contributed by atoms with van der Waals surface area (Å²) < 4.78 is 0.992. The van der Waals surface area contributed by atoms with Gasteiger partial charge in [0.2, 0.25) is 5.91 Å². The first-order valence-electron chi connectivity index (χ1n) is 8.70. The molecule has 6 rings (SSSR count). The van der Waals surface area contributed by atoms with E-state index in [1.807, 2.05) is 12.1 Å². The van der Waals surface area contributed by atoms with Crippen molar-refractivity contribution >= 4 is 27.7 Å². The molecule has 1 spiro atoms. The predicted octanol–water partition coefficient (Wildman–Crippen LogP) is 2.50. The smallest absolute Gasteiger partial charge is 0.254 e. The summed E-state index contributed by atoms with van der Waals surface area (Å²) in [6, 6.07) is 8.15. The van der Waals surface area contributed by atoms with Crippen molar-refractivity contribution in [2.24, 2.45) is 5.41 Å². The van der Waals surface area contributed by atoms with E-state index < -0.39 is 0 Å². The number of carbonyl (C=O) groups is 2. The van der Waals surface area contributed by atoms with Gasteiger partial charge in [0.25, 0.3) is 5.91 Å². The van der Waals surface area contributed by atoms with Crippen molar-refractivity contribution in [2.45, 2.75) is 43.1 Å². The van der Waals surface area contributed by atoms with Gasteiger partial charge in [0.1, 0.15) is 0 Å². The molecule has 0 saturated heterocycles. The van der Waals surface area contributed by atoms with Gasteiger partial charge in [-0.05, 0) is 55.9 Å². The molecule has 0 unspecified atom stereocenters. The molecule has 0 radical (unpaired) electrons. The zero-order chi connectivity index (χ0) is 17.4. The maximum Gasteiger partial charge on any atom is 0.254 e. The summed E-state index contributed by atoms with van der Waals surface area (Å²) >= 11 is 3.50. The Morgan fingerprint density at radius 3 is 2.68 bits per heavy atom. The molecule has 4 fully saturated rings. The first-order valence-corrected chi connectivity index (χ1v) is 9.49. The highest BCUT2D eigenvalue weighted by Crippen LogP contribution is 2.66. The number of rotatable bonds is 3. The van der Waals surface area contributed by atoms with Crippen LogP contribution in [0.15, 0.2) is 22.7 Å². The largest absolute Gasteiger partial charge is 0.349 e. The fourth-order valence-electron chi connectivity index (χ4n) is 5.09. The summed E-state index contributed by atoms with van der Waals surface area (Å²) in [7, 11) is 0. The molecule has 1 aliphatic heterocycles. The second kappa shape index (κ2) is 4.64. The van der Waals surface area contributed by atoms with Crippen molar-refractivity contribution in [3.8, 4) is 6.07 Å². The van der Waals surface area contributed by atoms with Crippen molar-refractivity contribution in [2.75, 3.05) is 13.1 Å². The van der Waals surface area contributed by atoms with E-state index in [0.29, 0.717) is 6.54 Å². The van der Waals surface area contributed by atoms with Gasteiger partial charge in [0.15, 0.2) is 0 Å². The number of carbonyl (C=O) groups excluding carboxylic acids is 2. The number of hydrogen-bond donors (Lipinski definition) is 1. The maximum atomic E-state index is 12.8. The summed E-state index contributed by atoms with van der Waals surface area (Å²) in [4.78, 5) is 27.0. The summed E-state index contributed by atoms with van der Waals surface area (Å²) in [6.07, 6.45) is 4.41. The third-order valence-electron chi connectivity index (χ3n) is 6.42. The fourth-order valence-corrected chi connectivity index (χ4v) is 5.45. The van der Waals surface area contributed by atoms with Gasteiger partial charge in [-0.2, -0.15) is 5.26 Å². The fraction of sp³-hybridized carbons (Fsp3) is 0.526. The van der Waals surface area contributed by atoms with Crippen LogP contribution in [0.1, 0.15) is 48.0 Å². The number of hydrogen-bond acceptors (Lipinski definition) is 3. The molecule has 4 aliphatic carbocycles. The first kappa shape index (κ1) is 15.4. The van der Waals surface area contributed by atoms with Crippen molar-refractivity contribution in [1.82, 2.24) is 10.2 Å². The molecule has 5 aliphatic rings. The molecule has 2 bridgehead atoms. The highest BCUT2D eigenvalue weighted by atomic mass is 79.9. The standard InChI is InChI=1S/C19H18BrN3O2/c20-12-1-2-13-14(5-12)18(3-4-18)11-23(16(13)25)6-15(24)22-19-7-17(8-19,9-19)10-21/h1-2,5H,3-4,6-9,11H2,(H,22,24). The summed E-state index contributed by atoms with van der Waals surface area (Å²) in [5, 5.41) is 12.2. The van der Waals surface area contributed by atoms with Crippen LogP contribution in [-0.2, 0) is 10.2 Å². The maximum absolute atomic E-state index is 12.8. The van der Waals surface area contributed by atoms with Crippen LogP contribution < -0.4 is 5.32 Å². The van der Waals surface area contributed by atoms with Gasteiger partial charge in [-0.1, -0.05) is 15.9 Å². The second-order valence-electron chi connectivity index (χ2n) is 8.38. The van der Waals surface area contributed by atoms with Gasteiger partial charge < -0.3 is 10.2 Å². The SMILES string of the molecule is N#CC12CC(NC(=O)CN3CC4(CC4)c4cc(Br)ccc4C3=O)(C1)C2. The number of benzene rings is 1. The Kier molecular flexibility index (Phi) is 2.86. The van der Waals surface area contributed by atoms with E-state index in [0.717, 1.165) is 47.7 Å². The van der Waals surface area contributed by atoms with Gasteiger partial charge in [0, 0.05) is 27.5 Å². The third kappa shape index (κ3) is 2.11. The molecule has 4 saturated carbocycles. The number of nitrogens with one attached hydrogen (secondary N) is 1. The van der Waals surface area contributed by atoms with Crippen LogP contribution in [0.2, 0.25) is 0 Å². The molecule has 1 N–H and O–H groups in total. The van der Waals surface area contributed by atoms with E-state index in [2.05, 4.69) is 33.4 Å². The van der Waals surface area contributed by atoms with Gasteiger partial charge in [0.05, 0.1) is 18.0 Å². The van der Waals surface area contributed by atoms with Gasteiger partial charge in [-0.15, -0.1) is 0 Å². The lowest BCUT2D eigenvalue weighted by atomic mass is 9.40. The molecule has 1 heterocycles. The lowest BCUT2D eigenvalue weighted by molar-refractivity contribution is -0.144. The number of nitrogens with zero attached hydrogens (tertiary/aromatic N) is 2. The van der Waals surface area contributed by atoms with E-state index in [-0.39, 0.29) is 34.7 Å². The van der Waals surface area contributed by atoms with Gasteiger partial charge in [-0.3, -0.25) is 9.59 Å². The Morgan fingerprint density at radius 1 is 1.32 bits per heavy atom. The first-order chi connectivity index (χ1) is 11.9. The van der Waals surface area contributed by atoms with E-state index in [1.54, 1.807) is 4.90 Å². The van der Waals surface area contributed by atoms with Crippen molar-refractivity contribution in [3.63, 3.8) is 0 Å². The molecule has 25 heavy (non-hydrogen) atoms. The van der Waals surface area contributed by atoms with Crippen LogP contribution >= 0.6 is 15.9 Å². The minimum atomic E-state index is -0.182. The monoisotopic (exact) mass is 399 g/mol. The number of nitriles is 1. The number of amides is 2. The molecule has 0 atom stereocenters. The van der Waals surface area contributed by atoms with Crippen molar-refractivity contribution in [3.05, 3.63) is 33.8 Å². The highest BCUT2D eigenvalue weighted by Gasteiger charge is 2.69. The zero-order valence-electron chi connectivity index (χ0n) is 13.8. The van der Waals surface area contributed by atoms with E-state index in [9.17, 15) is 9.59 Å². The zero-order valence-corrected chi connectivity index (χ0v) is 15.4. The van der Waals surface area contributed by atoms with Crippen LogP contribution in [0.3, 0.4) is 0 Å². The molecule has 128 valence electrons. The molecular formula is C19H18BrN3O2. The number of halogens is 1. The normalized spacial score (nSPS) is 33.0. The third-order valence-corrected chi connectivity index (χ3v) is 6.92. The Hall–Kier alpha value is -1.87. The van der Waals surface area contributed by atoms with E-state index in [4.69, 9.17) is 5.26 Å². The molecule has 0 aromatic heterocycles. The average molecular weight is 400 g/mol. The Morgan fingerprint density at radius 2 is 2.04 bits per heavy atom. The lowest BCUT2D eigenvalue weighted by Crippen LogP contribution is -2.74. The van der Waals surface area contributed by atoms with E-state index >= 15 is 0 Å². The molecule has 1 aromatic rings. The Labute approximate surface area is 154 Å². The molecule has 5 nitrogen and oxygen atoms in total. The summed E-state index contributed by atoms with van der Waals surface area (Å²) in [5.41, 5.74) is 1.53. The van der Waals surface area contributed by atoms with Crippen LogP contribution in [-0.4, -0.2) is 35.3 Å². The van der Waals surface area contributed by atoms with Crippen molar-refractivity contribution < 1.29 is 9.59 Å². The van der Waals surface area contributed by atoms with Crippen molar-refractivity contribution in [1.29, 1.82) is 5.26 Å². The summed E-state index contributed by atoms with van der Waals surface area (Å²) in [6.45, 7) is 0.731. The summed E-state index contributed by atoms with van der Waals surface area (Å²) in [5.74, 6) is -0.155. The van der Waals surface area contributed by atoms with Gasteiger partial charge >= 0.3 is 0 Å². The Balaban J connectivity index is 1.31. The van der Waals surface area contributed by atoms with Crippen LogP contribution in [0.5, 0.6) is 0 Å². The van der Waals surface area contributed by atoms with Crippen LogP contribution in [0.4, 0.5) is 0 Å². The number of fused-ring (bicyclic) bond motifs is 2. The lowest BCUT2D eigenvalue weighted by Gasteiger charge is -2.67. The van der Waals surface area contributed by atoms with Crippen LogP contribution in [0, 0.1) is 16.7 Å². The van der Waals surface area contributed by atoms with E-state index in [1.165, 1.54) is 0 Å².